The summed E-state index contributed by atoms with van der Waals surface area (Å²) in [6.07, 6.45) is -8.45. The van der Waals surface area contributed by atoms with Gasteiger partial charge in [0.1, 0.15) is 42.1 Å². The molecule has 0 amide bonds. The first-order chi connectivity index (χ1) is 19.8. The van der Waals surface area contributed by atoms with Crippen LogP contribution in [-0.2, 0) is 21.3 Å². The number of aliphatic hydroxyl groups excluding tert-OH is 7. The molecule has 9 atom stereocenters. The van der Waals surface area contributed by atoms with Gasteiger partial charge in [0.25, 0.3) is 5.56 Å². The number of nitrogens with zero attached hydrogens (tertiary/aromatic N) is 5. The zero-order valence-electron chi connectivity index (χ0n) is 21.7. The average molecular weight is 600 g/mol. The Morgan fingerprint density at radius 1 is 0.976 bits per heavy atom. The molecule has 0 bridgehead atoms. The van der Waals surface area contributed by atoms with Crippen LogP contribution in [0.4, 0.5) is 0 Å². The number of hydrogen-bond donors (Lipinski definition) is 10. The van der Waals surface area contributed by atoms with Crippen molar-refractivity contribution in [2.24, 2.45) is 7.05 Å². The number of aryl methyl sites for hydroxylation is 1. The van der Waals surface area contributed by atoms with Gasteiger partial charge in [-0.2, -0.15) is 0 Å². The lowest BCUT2D eigenvalue weighted by Crippen LogP contribution is -2.39. The Morgan fingerprint density at radius 3 is 2.02 bits per heavy atom. The van der Waals surface area contributed by atoms with Crippen LogP contribution in [0.15, 0.2) is 28.4 Å². The van der Waals surface area contributed by atoms with Gasteiger partial charge in [0.15, 0.2) is 29.7 Å². The number of fused-ring (bicyclic) bond motifs is 1. The lowest BCUT2D eigenvalue weighted by Gasteiger charge is -2.18. The molecule has 2 aliphatic rings. The van der Waals surface area contributed by atoms with Crippen LogP contribution < -0.4 is 16.7 Å². The number of aromatic nitrogens is 6. The molecule has 20 nitrogen and oxygen atoms in total. The molecule has 20 heteroatoms. The van der Waals surface area contributed by atoms with Crippen molar-refractivity contribution in [2.45, 2.75) is 55.2 Å². The summed E-state index contributed by atoms with van der Waals surface area (Å²) in [7, 11) is 1.68. The highest BCUT2D eigenvalue weighted by molar-refractivity contribution is 5.73. The molecule has 2 aliphatic heterocycles. The van der Waals surface area contributed by atoms with Gasteiger partial charge < -0.3 is 54.9 Å². The Kier molecular flexibility index (Phi) is 9.01. The van der Waals surface area contributed by atoms with E-state index in [-0.39, 0.29) is 5.49 Å². The number of carbonyl (C=O) groups is 1. The fourth-order valence-corrected chi connectivity index (χ4v) is 4.44. The van der Waals surface area contributed by atoms with E-state index in [1.165, 1.54) is 21.8 Å². The summed E-state index contributed by atoms with van der Waals surface area (Å²) in [5, 5.41) is 83.3. The van der Waals surface area contributed by atoms with Crippen LogP contribution in [0.5, 0.6) is 0 Å². The summed E-state index contributed by atoms with van der Waals surface area (Å²) < 4.78 is 14.1. The number of carboxylic acids is 1. The highest BCUT2D eigenvalue weighted by Gasteiger charge is 2.45. The number of ether oxygens (including phenoxy) is 2. The summed E-state index contributed by atoms with van der Waals surface area (Å²) >= 11 is 0. The quantitative estimate of drug-likeness (QED) is 0.126. The van der Waals surface area contributed by atoms with Crippen LogP contribution in [0, 0.1) is 5.41 Å². The van der Waals surface area contributed by atoms with Gasteiger partial charge in [-0.25, -0.2) is 19.6 Å². The largest absolute Gasteiger partial charge is 0.479 e. The molecule has 0 aromatic carbocycles. The molecule has 0 radical (unpaired) electrons. The van der Waals surface area contributed by atoms with Crippen molar-refractivity contribution in [1.29, 1.82) is 5.41 Å². The topological polar surface area (TPSA) is 312 Å². The van der Waals surface area contributed by atoms with E-state index in [0.29, 0.717) is 15.7 Å². The van der Waals surface area contributed by atoms with Gasteiger partial charge in [0.05, 0.1) is 31.4 Å². The fourth-order valence-electron chi connectivity index (χ4n) is 4.44. The van der Waals surface area contributed by atoms with E-state index in [4.69, 9.17) is 30.2 Å². The van der Waals surface area contributed by atoms with E-state index in [1.807, 2.05) is 0 Å². The van der Waals surface area contributed by atoms with Gasteiger partial charge in [-0.15, -0.1) is 0 Å². The van der Waals surface area contributed by atoms with Crippen LogP contribution in [0.1, 0.15) is 24.1 Å². The first-order valence-corrected chi connectivity index (χ1v) is 12.3. The third-order valence-electron chi connectivity index (χ3n) is 6.80. The minimum atomic E-state index is -2.19. The maximum Gasteiger partial charge on any atom is 0.337 e. The Morgan fingerprint density at radius 2 is 1.52 bits per heavy atom. The van der Waals surface area contributed by atoms with E-state index in [2.05, 4.69) is 9.97 Å². The van der Waals surface area contributed by atoms with Crippen molar-refractivity contribution < 1.29 is 55.1 Å². The van der Waals surface area contributed by atoms with E-state index >= 15 is 0 Å². The summed E-state index contributed by atoms with van der Waals surface area (Å²) in [5.74, 6) is -1.71. The molecule has 5 rings (SSSR count). The van der Waals surface area contributed by atoms with Crippen LogP contribution in [0.3, 0.4) is 0 Å². The SMILES string of the molecule is Cn1cnc2c(ncn2[C@@H]2O[C@H](CO)[C@@H](O)[C@H]2O)c1=N.O=C(O)C(O)c1cn([C@@H]2O[C@H](CO)[C@@H](O)[C@H]2O)c(=O)[nH]c1=O. The number of aliphatic carboxylic acids is 1. The van der Waals surface area contributed by atoms with Gasteiger partial charge in [-0.3, -0.25) is 24.3 Å². The van der Waals surface area contributed by atoms with Crippen LogP contribution in [0.25, 0.3) is 11.2 Å². The van der Waals surface area contributed by atoms with Crippen LogP contribution >= 0.6 is 0 Å². The molecule has 230 valence electrons. The Hall–Kier alpha value is -3.86. The third kappa shape index (κ3) is 5.49. The molecular weight excluding hydrogens is 570 g/mol. The van der Waals surface area contributed by atoms with E-state index in [0.717, 1.165) is 6.20 Å². The molecule has 3 aromatic rings. The molecule has 2 saturated heterocycles. The number of rotatable bonds is 6. The standard InChI is InChI=1S/C11H15N5O4.C11H14N2O9/c1-15-3-14-10-6(9(15)12)13-4-16(10)11-8(19)7(18)5(2-17)20-11;14-2-4-6(16)7(17)9(22-4)13-1-3(5(15)10(19)20)8(18)12-11(13)21/h3-5,7-8,11-12,17-19H,2H2,1H3;1,4-7,9,14-17H,2H2,(H,19,20)(H,12,18,21)/t5-,7-,8-,11-;4-,5?,6-,7-,9-/m11/s1. The maximum absolute atomic E-state index is 11.8. The smallest absolute Gasteiger partial charge is 0.337 e. The number of aliphatic hydroxyl groups is 7. The second kappa shape index (κ2) is 12.2. The molecule has 2 fully saturated rings. The molecular formula is C22H29N7O13. The number of aromatic amines is 1. The van der Waals surface area contributed by atoms with E-state index in [9.17, 15) is 39.9 Å². The van der Waals surface area contributed by atoms with Gasteiger partial charge in [-0.1, -0.05) is 0 Å². The predicted molar refractivity (Wildman–Crippen MR) is 132 cm³/mol. The average Bonchev–Trinajstić information content (AvgIpc) is 3.60. The normalized spacial score (nSPS) is 29.8. The monoisotopic (exact) mass is 599 g/mol. The van der Waals surface area contributed by atoms with Crippen molar-refractivity contribution in [3.05, 3.63) is 50.7 Å². The number of hydrogen-bond acceptors (Lipinski definition) is 15. The zero-order valence-corrected chi connectivity index (χ0v) is 21.7. The summed E-state index contributed by atoms with van der Waals surface area (Å²) in [4.78, 5) is 44.1. The Bertz CT molecular complexity index is 1620. The number of imidazole rings is 1. The van der Waals surface area contributed by atoms with E-state index in [1.54, 1.807) is 12.0 Å². The summed E-state index contributed by atoms with van der Waals surface area (Å²) in [5.41, 5.74) is -1.87. The third-order valence-corrected chi connectivity index (χ3v) is 6.80. The molecule has 0 spiro atoms. The first kappa shape index (κ1) is 31.1. The second-order valence-corrected chi connectivity index (χ2v) is 9.48. The van der Waals surface area contributed by atoms with Crippen molar-refractivity contribution in [3.8, 4) is 0 Å². The summed E-state index contributed by atoms with van der Waals surface area (Å²) in [6.45, 7) is -1.02. The minimum absolute atomic E-state index is 0.181. The van der Waals surface area contributed by atoms with Crippen LogP contribution in [-0.4, -0.2) is 125 Å². The lowest BCUT2D eigenvalue weighted by atomic mass is 10.1. The molecule has 42 heavy (non-hydrogen) atoms. The fraction of sp³-hybridized carbons (Fsp3) is 0.545. The number of carboxylic acid groups (broad SMARTS) is 1. The van der Waals surface area contributed by atoms with Crippen molar-refractivity contribution >= 4 is 17.1 Å². The Balaban J connectivity index is 0.000000193. The molecule has 0 aliphatic carbocycles. The molecule has 10 N–H and O–H groups in total. The minimum Gasteiger partial charge on any atom is -0.479 e. The lowest BCUT2D eigenvalue weighted by molar-refractivity contribution is -0.147. The number of nitrogens with one attached hydrogen (secondary N) is 2. The van der Waals surface area contributed by atoms with Crippen LogP contribution in [0.2, 0.25) is 0 Å². The highest BCUT2D eigenvalue weighted by atomic mass is 16.6. The van der Waals surface area contributed by atoms with Crippen molar-refractivity contribution in [2.75, 3.05) is 13.2 Å². The van der Waals surface area contributed by atoms with Gasteiger partial charge in [0, 0.05) is 13.2 Å². The molecule has 1 unspecified atom stereocenters. The molecule has 5 heterocycles. The first-order valence-electron chi connectivity index (χ1n) is 12.3. The van der Waals surface area contributed by atoms with Gasteiger partial charge in [0.2, 0.25) is 0 Å². The Labute approximate surface area is 233 Å². The van der Waals surface area contributed by atoms with Gasteiger partial charge in [-0.05, 0) is 0 Å². The maximum atomic E-state index is 11.8. The zero-order chi connectivity index (χ0) is 31.0. The number of H-pyrrole nitrogens is 1. The summed E-state index contributed by atoms with van der Waals surface area (Å²) in [6, 6.07) is 0. The molecule has 0 saturated carbocycles. The van der Waals surface area contributed by atoms with Crippen molar-refractivity contribution in [3.63, 3.8) is 0 Å². The van der Waals surface area contributed by atoms with Crippen molar-refractivity contribution in [1.82, 2.24) is 28.7 Å². The highest BCUT2D eigenvalue weighted by Crippen LogP contribution is 2.31. The van der Waals surface area contributed by atoms with Gasteiger partial charge >= 0.3 is 11.7 Å². The molecule has 3 aromatic heterocycles. The second-order valence-electron chi connectivity index (χ2n) is 9.48. The van der Waals surface area contributed by atoms with E-state index < -0.39 is 91.2 Å². The predicted octanol–water partition coefficient (Wildman–Crippen LogP) is -5.87.